The molecular weight excluding hydrogens is 240 g/mol. The maximum absolute atomic E-state index is 11.6. The number of hydrogen-bond acceptors (Lipinski definition) is 3. The van der Waals surface area contributed by atoms with E-state index in [1.165, 1.54) is 0 Å². The van der Waals surface area contributed by atoms with Crippen molar-refractivity contribution in [3.05, 3.63) is 29.8 Å². The quantitative estimate of drug-likeness (QED) is 0.621. The summed E-state index contributed by atoms with van der Waals surface area (Å²) >= 11 is 6.37. The molecule has 0 aliphatic heterocycles. The molecule has 16 heavy (non-hydrogen) atoms. The molecule has 0 spiro atoms. The predicted molar refractivity (Wildman–Crippen MR) is 72.0 cm³/mol. The average molecular weight is 254 g/mol. The van der Waals surface area contributed by atoms with E-state index in [2.05, 4.69) is 5.32 Å². The van der Waals surface area contributed by atoms with Crippen molar-refractivity contribution in [2.24, 2.45) is 5.73 Å². The van der Waals surface area contributed by atoms with Crippen LogP contribution in [0.3, 0.4) is 0 Å². The minimum absolute atomic E-state index is 0.0936. The van der Waals surface area contributed by atoms with Crippen LogP contribution in [0.1, 0.15) is 16.8 Å². The summed E-state index contributed by atoms with van der Waals surface area (Å²) in [6, 6.07) is 7.46. The van der Waals surface area contributed by atoms with Crippen LogP contribution in [-0.4, -0.2) is 23.7 Å². The number of rotatable bonds is 5. The van der Waals surface area contributed by atoms with Crippen LogP contribution in [-0.2, 0) is 0 Å². The Kier molecular flexibility index (Phi) is 5.28. The molecule has 0 atom stereocenters. The van der Waals surface area contributed by atoms with Gasteiger partial charge in [-0.2, -0.15) is 0 Å². The van der Waals surface area contributed by atoms with Crippen LogP contribution in [0.4, 0.5) is 0 Å². The fourth-order valence-corrected chi connectivity index (χ4v) is 1.65. The first-order valence-corrected chi connectivity index (χ1v) is 6.47. The third-order valence-electron chi connectivity index (χ3n) is 2.01. The van der Waals surface area contributed by atoms with E-state index in [1.54, 1.807) is 11.8 Å². The zero-order valence-corrected chi connectivity index (χ0v) is 10.7. The van der Waals surface area contributed by atoms with E-state index in [9.17, 15) is 4.79 Å². The van der Waals surface area contributed by atoms with Crippen LogP contribution in [0, 0.1) is 0 Å². The van der Waals surface area contributed by atoms with Crippen LogP contribution in [0.15, 0.2) is 29.2 Å². The largest absolute Gasteiger partial charge is 0.393 e. The molecule has 0 fully saturated rings. The third kappa shape index (κ3) is 4.20. The molecule has 1 aromatic rings. The Bertz CT molecular complexity index is 376. The molecule has 0 radical (unpaired) electrons. The molecule has 1 rings (SSSR count). The van der Waals surface area contributed by atoms with Crippen molar-refractivity contribution in [1.29, 1.82) is 0 Å². The van der Waals surface area contributed by atoms with Gasteiger partial charge in [-0.05, 0) is 30.5 Å². The Morgan fingerprint density at radius 3 is 2.56 bits per heavy atom. The summed E-state index contributed by atoms with van der Waals surface area (Å²) in [6.45, 7) is 0.485. The fraction of sp³-hybridized carbons (Fsp3) is 0.273. The Balaban J connectivity index is 2.49. The molecule has 3 N–H and O–H groups in total. The molecule has 0 aliphatic carbocycles. The van der Waals surface area contributed by atoms with Crippen LogP contribution >= 0.6 is 24.0 Å². The first kappa shape index (κ1) is 13.0. The molecule has 0 aliphatic rings. The molecule has 5 heteroatoms. The fourth-order valence-electron chi connectivity index (χ4n) is 1.14. The number of carbonyl (C=O) groups excluding carboxylic acids is 1. The molecule has 0 heterocycles. The second-order valence-electron chi connectivity index (χ2n) is 3.20. The maximum atomic E-state index is 11.6. The smallest absolute Gasteiger partial charge is 0.251 e. The van der Waals surface area contributed by atoms with Gasteiger partial charge in [0.1, 0.15) is 0 Å². The number of thioether (sulfide) groups is 1. The molecular formula is C11H14N2OS2. The average Bonchev–Trinajstić information content (AvgIpc) is 2.28. The van der Waals surface area contributed by atoms with Gasteiger partial charge in [0.05, 0.1) is 4.99 Å². The van der Waals surface area contributed by atoms with E-state index in [4.69, 9.17) is 18.0 Å². The first-order chi connectivity index (χ1) is 7.63. The van der Waals surface area contributed by atoms with Crippen LogP contribution in [0.5, 0.6) is 0 Å². The van der Waals surface area contributed by atoms with Crippen molar-refractivity contribution >= 4 is 34.9 Å². The molecule has 1 amide bonds. The summed E-state index contributed by atoms with van der Waals surface area (Å²) in [5.74, 6) is -0.0936. The topological polar surface area (TPSA) is 55.1 Å². The van der Waals surface area contributed by atoms with Crippen LogP contribution in [0.25, 0.3) is 0 Å². The van der Waals surface area contributed by atoms with E-state index in [-0.39, 0.29) is 5.91 Å². The van der Waals surface area contributed by atoms with E-state index in [0.29, 0.717) is 23.5 Å². The normalized spacial score (nSPS) is 9.81. The van der Waals surface area contributed by atoms with Gasteiger partial charge in [-0.25, -0.2) is 0 Å². The third-order valence-corrected chi connectivity index (χ3v) is 2.96. The lowest BCUT2D eigenvalue weighted by Gasteiger charge is -2.04. The Hall–Kier alpha value is -1.07. The van der Waals surface area contributed by atoms with Gasteiger partial charge in [-0.3, -0.25) is 4.79 Å². The van der Waals surface area contributed by atoms with Crippen molar-refractivity contribution in [2.75, 3.05) is 12.8 Å². The molecule has 0 saturated heterocycles. The molecule has 86 valence electrons. The number of hydrogen-bond donors (Lipinski definition) is 2. The molecule has 3 nitrogen and oxygen atoms in total. The van der Waals surface area contributed by atoms with E-state index in [0.717, 1.165) is 4.90 Å². The van der Waals surface area contributed by atoms with Crippen LogP contribution < -0.4 is 11.1 Å². The van der Waals surface area contributed by atoms with Crippen molar-refractivity contribution < 1.29 is 4.79 Å². The highest BCUT2D eigenvalue weighted by atomic mass is 32.2. The van der Waals surface area contributed by atoms with Gasteiger partial charge in [0.2, 0.25) is 0 Å². The number of amides is 1. The van der Waals surface area contributed by atoms with Gasteiger partial charge in [-0.15, -0.1) is 11.8 Å². The Morgan fingerprint density at radius 2 is 2.06 bits per heavy atom. The number of nitrogens with one attached hydrogen (secondary N) is 1. The summed E-state index contributed by atoms with van der Waals surface area (Å²) in [7, 11) is 0. The summed E-state index contributed by atoms with van der Waals surface area (Å²) in [6.07, 6.45) is 2.53. The van der Waals surface area contributed by atoms with Crippen LogP contribution in [0.2, 0.25) is 0 Å². The van der Waals surface area contributed by atoms with E-state index < -0.39 is 0 Å². The summed E-state index contributed by atoms with van der Waals surface area (Å²) in [5, 5.41) is 2.75. The van der Waals surface area contributed by atoms with Gasteiger partial charge < -0.3 is 11.1 Å². The zero-order valence-electron chi connectivity index (χ0n) is 9.03. The van der Waals surface area contributed by atoms with Crippen molar-refractivity contribution in [3.8, 4) is 0 Å². The van der Waals surface area contributed by atoms with Crippen molar-refractivity contribution in [1.82, 2.24) is 5.32 Å². The van der Waals surface area contributed by atoms with Gasteiger partial charge >= 0.3 is 0 Å². The van der Waals surface area contributed by atoms with Gasteiger partial charge in [-0.1, -0.05) is 12.2 Å². The standard InChI is InChI=1S/C11H14N2OS2/c1-16-9-4-2-8(3-5-9)11(14)13-7-6-10(12)15/h2-5H,6-7H2,1H3,(H2,12,15)(H,13,14). The molecule has 0 unspecified atom stereocenters. The van der Waals surface area contributed by atoms with E-state index >= 15 is 0 Å². The lowest BCUT2D eigenvalue weighted by Crippen LogP contribution is -2.27. The number of thiocarbonyl (C=S) groups is 1. The minimum Gasteiger partial charge on any atom is -0.393 e. The second kappa shape index (κ2) is 6.50. The number of nitrogens with two attached hydrogens (primary N) is 1. The molecule has 0 aromatic heterocycles. The lowest BCUT2D eigenvalue weighted by atomic mass is 10.2. The first-order valence-electron chi connectivity index (χ1n) is 4.84. The summed E-state index contributed by atoms with van der Waals surface area (Å²) in [5.41, 5.74) is 5.99. The Morgan fingerprint density at radius 1 is 1.44 bits per heavy atom. The highest BCUT2D eigenvalue weighted by Gasteiger charge is 2.04. The van der Waals surface area contributed by atoms with E-state index in [1.807, 2.05) is 30.5 Å². The Labute approximate surface area is 105 Å². The summed E-state index contributed by atoms with van der Waals surface area (Å²) in [4.78, 5) is 13.2. The molecule has 1 aromatic carbocycles. The number of benzene rings is 1. The minimum atomic E-state index is -0.0936. The maximum Gasteiger partial charge on any atom is 0.251 e. The van der Waals surface area contributed by atoms with Crippen molar-refractivity contribution in [3.63, 3.8) is 0 Å². The molecule has 0 saturated carbocycles. The summed E-state index contributed by atoms with van der Waals surface area (Å²) < 4.78 is 0. The monoisotopic (exact) mass is 254 g/mol. The van der Waals surface area contributed by atoms with Gasteiger partial charge in [0.25, 0.3) is 5.91 Å². The molecule has 0 bridgehead atoms. The van der Waals surface area contributed by atoms with Crippen molar-refractivity contribution in [2.45, 2.75) is 11.3 Å². The van der Waals surface area contributed by atoms with Gasteiger partial charge in [0, 0.05) is 23.4 Å². The zero-order chi connectivity index (χ0) is 12.0. The second-order valence-corrected chi connectivity index (χ2v) is 4.60. The van der Waals surface area contributed by atoms with Gasteiger partial charge in [0.15, 0.2) is 0 Å². The highest BCUT2D eigenvalue weighted by Crippen LogP contribution is 2.14. The highest BCUT2D eigenvalue weighted by molar-refractivity contribution is 7.98. The number of carbonyl (C=O) groups is 1. The predicted octanol–water partition coefficient (Wildman–Crippen LogP) is 1.81. The lowest BCUT2D eigenvalue weighted by molar-refractivity contribution is 0.0955. The SMILES string of the molecule is CSc1ccc(C(=O)NCCC(N)=S)cc1.